The summed E-state index contributed by atoms with van der Waals surface area (Å²) in [6, 6.07) is 17.5. The average molecular weight is 393 g/mol. The van der Waals surface area contributed by atoms with E-state index in [1.165, 1.54) is 0 Å². The van der Waals surface area contributed by atoms with Gasteiger partial charge in [0.2, 0.25) is 11.8 Å². The summed E-state index contributed by atoms with van der Waals surface area (Å²) in [6.45, 7) is 5.54. The Morgan fingerprint density at radius 2 is 1.72 bits per heavy atom. The van der Waals surface area contributed by atoms with Gasteiger partial charge in [-0.1, -0.05) is 30.3 Å². The van der Waals surface area contributed by atoms with Gasteiger partial charge in [-0.3, -0.25) is 9.59 Å². The predicted octanol–water partition coefficient (Wildman–Crippen LogP) is 3.15. The third-order valence-electron chi connectivity index (χ3n) is 5.61. The van der Waals surface area contributed by atoms with Gasteiger partial charge in [0.05, 0.1) is 36.4 Å². The van der Waals surface area contributed by atoms with E-state index in [1.54, 1.807) is 4.90 Å². The SMILES string of the molecule is CCN(C(=O)C1CC1C(=O)Nc1ccccc1N1CCOCC1)c1ccccc1. The van der Waals surface area contributed by atoms with Gasteiger partial charge in [0.1, 0.15) is 0 Å². The zero-order valence-corrected chi connectivity index (χ0v) is 16.7. The normalized spacial score (nSPS) is 20.8. The minimum Gasteiger partial charge on any atom is -0.378 e. The van der Waals surface area contributed by atoms with Crippen LogP contribution in [0.15, 0.2) is 54.6 Å². The first-order valence-corrected chi connectivity index (χ1v) is 10.3. The zero-order chi connectivity index (χ0) is 20.2. The van der Waals surface area contributed by atoms with E-state index in [2.05, 4.69) is 10.2 Å². The molecule has 2 aromatic carbocycles. The lowest BCUT2D eigenvalue weighted by atomic mass is 10.2. The number of carbonyl (C=O) groups excluding carboxylic acids is 2. The third kappa shape index (κ3) is 4.27. The number of carbonyl (C=O) groups is 2. The molecule has 1 N–H and O–H groups in total. The van der Waals surface area contributed by atoms with E-state index in [-0.39, 0.29) is 23.7 Å². The lowest BCUT2D eigenvalue weighted by molar-refractivity contribution is -0.123. The number of nitrogens with one attached hydrogen (secondary N) is 1. The van der Waals surface area contributed by atoms with Crippen molar-refractivity contribution in [3.05, 3.63) is 54.6 Å². The summed E-state index contributed by atoms with van der Waals surface area (Å²) in [5, 5.41) is 3.06. The highest BCUT2D eigenvalue weighted by atomic mass is 16.5. The number of nitrogens with zero attached hydrogens (tertiary/aromatic N) is 2. The maximum atomic E-state index is 12.9. The van der Waals surface area contributed by atoms with Crippen LogP contribution in [-0.2, 0) is 14.3 Å². The Hall–Kier alpha value is -2.86. The summed E-state index contributed by atoms with van der Waals surface area (Å²) in [6.07, 6.45) is 0.605. The standard InChI is InChI=1S/C23H27N3O3/c1-2-26(17-8-4-3-5-9-17)23(28)19-16-18(19)22(27)24-20-10-6-7-11-21(20)25-12-14-29-15-13-25/h3-11,18-19H,2,12-16H2,1H3,(H,24,27). The molecule has 1 saturated heterocycles. The highest BCUT2D eigenvalue weighted by molar-refractivity contribution is 6.05. The largest absolute Gasteiger partial charge is 0.378 e. The molecule has 1 heterocycles. The van der Waals surface area contributed by atoms with Gasteiger partial charge < -0.3 is 19.9 Å². The van der Waals surface area contributed by atoms with Crippen LogP contribution in [0.5, 0.6) is 0 Å². The molecule has 6 nitrogen and oxygen atoms in total. The monoisotopic (exact) mass is 393 g/mol. The van der Waals surface area contributed by atoms with Gasteiger partial charge in [-0.05, 0) is 37.6 Å². The molecule has 152 valence electrons. The van der Waals surface area contributed by atoms with Crippen LogP contribution in [0.4, 0.5) is 17.1 Å². The Morgan fingerprint density at radius 1 is 1.03 bits per heavy atom. The fourth-order valence-corrected chi connectivity index (χ4v) is 3.92. The van der Waals surface area contributed by atoms with Crippen LogP contribution in [-0.4, -0.2) is 44.7 Å². The number of hydrogen-bond acceptors (Lipinski definition) is 4. The van der Waals surface area contributed by atoms with Crippen LogP contribution in [0.2, 0.25) is 0 Å². The van der Waals surface area contributed by atoms with E-state index in [0.29, 0.717) is 26.2 Å². The van der Waals surface area contributed by atoms with E-state index in [4.69, 9.17) is 4.74 Å². The first kappa shape index (κ1) is 19.5. The molecule has 1 aliphatic heterocycles. The molecule has 0 radical (unpaired) electrons. The van der Waals surface area contributed by atoms with Gasteiger partial charge in [-0.2, -0.15) is 0 Å². The van der Waals surface area contributed by atoms with Crippen LogP contribution in [0.25, 0.3) is 0 Å². The number of benzene rings is 2. The number of amides is 2. The van der Waals surface area contributed by atoms with Gasteiger partial charge in [-0.25, -0.2) is 0 Å². The molecule has 29 heavy (non-hydrogen) atoms. The van der Waals surface area contributed by atoms with Crippen molar-refractivity contribution in [1.29, 1.82) is 0 Å². The topological polar surface area (TPSA) is 61.9 Å². The number of rotatable bonds is 6. The van der Waals surface area contributed by atoms with Crippen molar-refractivity contribution >= 4 is 28.9 Å². The maximum absolute atomic E-state index is 12.9. The Bertz CT molecular complexity index is 865. The molecule has 2 aromatic rings. The van der Waals surface area contributed by atoms with Gasteiger partial charge in [0.15, 0.2) is 0 Å². The molecule has 2 amide bonds. The molecule has 2 aliphatic rings. The number of ether oxygens (including phenoxy) is 1. The van der Waals surface area contributed by atoms with Crippen molar-refractivity contribution in [3.8, 4) is 0 Å². The Kier molecular flexibility index (Phi) is 5.81. The Balaban J connectivity index is 1.41. The molecule has 0 spiro atoms. The fourth-order valence-electron chi connectivity index (χ4n) is 3.92. The van der Waals surface area contributed by atoms with Crippen LogP contribution >= 0.6 is 0 Å². The van der Waals surface area contributed by atoms with Crippen LogP contribution in [0, 0.1) is 11.8 Å². The smallest absolute Gasteiger partial charge is 0.230 e. The van der Waals surface area contributed by atoms with Crippen LogP contribution in [0.1, 0.15) is 13.3 Å². The van der Waals surface area contributed by atoms with E-state index >= 15 is 0 Å². The lowest BCUT2D eigenvalue weighted by Crippen LogP contribution is -2.37. The van der Waals surface area contributed by atoms with Crippen molar-refractivity contribution in [1.82, 2.24) is 0 Å². The molecule has 1 saturated carbocycles. The number of anilines is 3. The highest BCUT2D eigenvalue weighted by Crippen LogP contribution is 2.42. The zero-order valence-electron chi connectivity index (χ0n) is 16.7. The summed E-state index contributed by atoms with van der Waals surface area (Å²) in [4.78, 5) is 29.8. The molecule has 0 bridgehead atoms. The van der Waals surface area contributed by atoms with E-state index < -0.39 is 0 Å². The van der Waals surface area contributed by atoms with Crippen molar-refractivity contribution in [2.24, 2.45) is 11.8 Å². The molecule has 2 fully saturated rings. The number of para-hydroxylation sites is 3. The molecule has 2 unspecified atom stereocenters. The average Bonchev–Trinajstić information content (AvgIpc) is 3.57. The summed E-state index contributed by atoms with van der Waals surface area (Å²) in [5.41, 5.74) is 2.68. The van der Waals surface area contributed by atoms with Crippen molar-refractivity contribution in [3.63, 3.8) is 0 Å². The second-order valence-corrected chi connectivity index (χ2v) is 7.47. The minimum atomic E-state index is -0.266. The van der Waals surface area contributed by atoms with Crippen molar-refractivity contribution < 1.29 is 14.3 Å². The first-order chi connectivity index (χ1) is 14.2. The lowest BCUT2D eigenvalue weighted by Gasteiger charge is -2.30. The van der Waals surface area contributed by atoms with Gasteiger partial charge in [0, 0.05) is 25.3 Å². The quantitative estimate of drug-likeness (QED) is 0.819. The van der Waals surface area contributed by atoms with Gasteiger partial charge in [0.25, 0.3) is 0 Å². The Labute approximate surface area is 171 Å². The summed E-state index contributed by atoms with van der Waals surface area (Å²) in [7, 11) is 0. The molecule has 0 aromatic heterocycles. The summed E-state index contributed by atoms with van der Waals surface area (Å²) >= 11 is 0. The molecule has 6 heteroatoms. The molecular formula is C23H27N3O3. The second-order valence-electron chi connectivity index (χ2n) is 7.47. The van der Waals surface area contributed by atoms with Crippen LogP contribution in [0.3, 0.4) is 0 Å². The van der Waals surface area contributed by atoms with Gasteiger partial charge >= 0.3 is 0 Å². The molecule has 1 aliphatic carbocycles. The van der Waals surface area contributed by atoms with E-state index in [1.807, 2.05) is 61.5 Å². The number of hydrogen-bond donors (Lipinski definition) is 1. The predicted molar refractivity (Wildman–Crippen MR) is 114 cm³/mol. The fraction of sp³-hybridized carbons (Fsp3) is 0.391. The van der Waals surface area contributed by atoms with E-state index in [0.717, 1.165) is 30.2 Å². The highest BCUT2D eigenvalue weighted by Gasteiger charge is 2.49. The Morgan fingerprint density at radius 3 is 2.45 bits per heavy atom. The third-order valence-corrected chi connectivity index (χ3v) is 5.61. The van der Waals surface area contributed by atoms with E-state index in [9.17, 15) is 9.59 Å². The van der Waals surface area contributed by atoms with Crippen LogP contribution < -0.4 is 15.1 Å². The van der Waals surface area contributed by atoms with Crippen molar-refractivity contribution in [2.75, 3.05) is 48.0 Å². The summed E-state index contributed by atoms with van der Waals surface area (Å²) in [5.74, 6) is -0.558. The molecule has 4 rings (SSSR count). The molecule has 2 atom stereocenters. The molecular weight excluding hydrogens is 366 g/mol. The summed E-state index contributed by atoms with van der Waals surface area (Å²) < 4.78 is 5.43. The van der Waals surface area contributed by atoms with Gasteiger partial charge in [-0.15, -0.1) is 0 Å². The maximum Gasteiger partial charge on any atom is 0.230 e. The van der Waals surface area contributed by atoms with Crippen molar-refractivity contribution in [2.45, 2.75) is 13.3 Å². The minimum absolute atomic E-state index is 0.0281. The second kappa shape index (κ2) is 8.66. The first-order valence-electron chi connectivity index (χ1n) is 10.3. The number of morpholine rings is 1.